The number of nitro benzene ring substituents is 1. The van der Waals surface area contributed by atoms with E-state index in [4.69, 9.17) is 0 Å². The van der Waals surface area contributed by atoms with Crippen LogP contribution in [0.4, 0.5) is 10.1 Å². The maximum absolute atomic E-state index is 13.2. The summed E-state index contributed by atoms with van der Waals surface area (Å²) in [6.45, 7) is 4.30. The van der Waals surface area contributed by atoms with E-state index in [1.807, 2.05) is 19.1 Å². The Labute approximate surface area is 129 Å². The van der Waals surface area contributed by atoms with Crippen molar-refractivity contribution in [3.8, 4) is 0 Å². The fourth-order valence-corrected chi connectivity index (χ4v) is 2.36. The van der Waals surface area contributed by atoms with Gasteiger partial charge in [0.05, 0.1) is 4.92 Å². The molecule has 0 spiro atoms. The van der Waals surface area contributed by atoms with E-state index in [0.717, 1.165) is 30.6 Å². The van der Waals surface area contributed by atoms with E-state index in [1.54, 1.807) is 24.3 Å². The van der Waals surface area contributed by atoms with Gasteiger partial charge >= 0.3 is 0 Å². The first-order valence-electron chi connectivity index (χ1n) is 7.28. The van der Waals surface area contributed by atoms with Crippen molar-refractivity contribution in [2.45, 2.75) is 19.9 Å². The third kappa shape index (κ3) is 4.63. The zero-order valence-corrected chi connectivity index (χ0v) is 12.5. The molecule has 0 atom stereocenters. The van der Waals surface area contributed by atoms with Crippen molar-refractivity contribution in [3.63, 3.8) is 0 Å². The van der Waals surface area contributed by atoms with Crippen molar-refractivity contribution in [1.29, 1.82) is 0 Å². The number of benzene rings is 2. The summed E-state index contributed by atoms with van der Waals surface area (Å²) in [6.07, 6.45) is 0.751. The largest absolute Gasteiger partial charge is 0.299 e. The summed E-state index contributed by atoms with van der Waals surface area (Å²) in [5.74, 6) is -0.223. The Morgan fingerprint density at radius 3 is 2.55 bits per heavy atom. The van der Waals surface area contributed by atoms with Gasteiger partial charge in [-0.2, -0.15) is 0 Å². The monoisotopic (exact) mass is 302 g/mol. The maximum Gasteiger partial charge on any atom is 0.269 e. The number of non-ortho nitro benzene ring substituents is 1. The summed E-state index contributed by atoms with van der Waals surface area (Å²) >= 11 is 0. The Morgan fingerprint density at radius 1 is 1.14 bits per heavy atom. The molecule has 4 nitrogen and oxygen atoms in total. The van der Waals surface area contributed by atoms with Crippen LogP contribution in [0.5, 0.6) is 0 Å². The Bertz CT molecular complexity index is 646. The highest BCUT2D eigenvalue weighted by Gasteiger charge is 2.09. The second kappa shape index (κ2) is 7.66. The topological polar surface area (TPSA) is 46.4 Å². The molecule has 2 aromatic rings. The number of rotatable bonds is 7. The summed E-state index contributed by atoms with van der Waals surface area (Å²) in [5.41, 5.74) is 1.98. The lowest BCUT2D eigenvalue weighted by Crippen LogP contribution is -2.25. The van der Waals surface area contributed by atoms with E-state index in [-0.39, 0.29) is 16.4 Å². The molecule has 0 heterocycles. The lowest BCUT2D eigenvalue weighted by Gasteiger charge is -2.20. The van der Waals surface area contributed by atoms with Crippen LogP contribution in [-0.4, -0.2) is 22.9 Å². The Kier molecular flexibility index (Phi) is 5.61. The van der Waals surface area contributed by atoms with Gasteiger partial charge in [0, 0.05) is 25.2 Å². The van der Waals surface area contributed by atoms with Crippen LogP contribution in [-0.2, 0) is 13.0 Å². The molecular weight excluding hydrogens is 283 g/mol. The molecule has 0 saturated carbocycles. The minimum Gasteiger partial charge on any atom is -0.299 e. The smallest absolute Gasteiger partial charge is 0.269 e. The lowest BCUT2D eigenvalue weighted by atomic mass is 10.1. The Hall–Kier alpha value is -2.27. The number of nitro groups is 1. The molecule has 0 saturated heterocycles. The first-order chi connectivity index (χ1) is 10.6. The van der Waals surface area contributed by atoms with Gasteiger partial charge in [-0.15, -0.1) is 0 Å². The molecule has 0 fully saturated rings. The number of nitrogens with zero attached hydrogens (tertiary/aromatic N) is 2. The lowest BCUT2D eigenvalue weighted by molar-refractivity contribution is -0.384. The van der Waals surface area contributed by atoms with Crippen LogP contribution in [0.2, 0.25) is 0 Å². The fourth-order valence-electron chi connectivity index (χ4n) is 2.36. The molecule has 0 bridgehead atoms. The van der Waals surface area contributed by atoms with Crippen molar-refractivity contribution in [2.75, 3.05) is 13.1 Å². The van der Waals surface area contributed by atoms with E-state index in [1.165, 1.54) is 12.1 Å². The SMILES string of the molecule is CCN(CCc1cccc(F)c1)Cc1cccc([N+](=O)[O-])c1. The molecule has 116 valence electrons. The van der Waals surface area contributed by atoms with Crippen LogP contribution in [0.3, 0.4) is 0 Å². The number of halogens is 1. The minimum atomic E-state index is -0.382. The van der Waals surface area contributed by atoms with Crippen LogP contribution in [0.1, 0.15) is 18.1 Å². The minimum absolute atomic E-state index is 0.110. The van der Waals surface area contributed by atoms with Gasteiger partial charge in [-0.3, -0.25) is 15.0 Å². The van der Waals surface area contributed by atoms with Crippen LogP contribution in [0.25, 0.3) is 0 Å². The van der Waals surface area contributed by atoms with Crippen LogP contribution in [0.15, 0.2) is 48.5 Å². The average molecular weight is 302 g/mol. The summed E-state index contributed by atoms with van der Waals surface area (Å²) in [6, 6.07) is 13.3. The molecule has 2 aromatic carbocycles. The van der Waals surface area contributed by atoms with E-state index in [0.29, 0.717) is 6.54 Å². The van der Waals surface area contributed by atoms with E-state index < -0.39 is 0 Å². The highest BCUT2D eigenvalue weighted by molar-refractivity contribution is 5.34. The molecular formula is C17H19FN2O2. The molecule has 0 aromatic heterocycles. The zero-order valence-electron chi connectivity index (χ0n) is 12.5. The summed E-state index contributed by atoms with van der Waals surface area (Å²) in [7, 11) is 0. The van der Waals surface area contributed by atoms with Gasteiger partial charge in [0.2, 0.25) is 0 Å². The molecule has 0 aliphatic carbocycles. The highest BCUT2D eigenvalue weighted by Crippen LogP contribution is 2.15. The summed E-state index contributed by atoms with van der Waals surface area (Å²) < 4.78 is 13.2. The fraction of sp³-hybridized carbons (Fsp3) is 0.294. The Morgan fingerprint density at radius 2 is 1.86 bits per heavy atom. The van der Waals surface area contributed by atoms with Gasteiger partial charge in [0.15, 0.2) is 0 Å². The predicted molar refractivity (Wildman–Crippen MR) is 84.2 cm³/mol. The maximum atomic E-state index is 13.2. The quantitative estimate of drug-likeness (QED) is 0.577. The summed E-state index contributed by atoms with van der Waals surface area (Å²) in [5, 5.41) is 10.8. The van der Waals surface area contributed by atoms with Gasteiger partial charge in [0.1, 0.15) is 5.82 Å². The van der Waals surface area contributed by atoms with Crippen molar-refractivity contribution in [2.24, 2.45) is 0 Å². The van der Waals surface area contributed by atoms with Crippen LogP contribution in [0, 0.1) is 15.9 Å². The summed E-state index contributed by atoms with van der Waals surface area (Å²) in [4.78, 5) is 12.6. The first-order valence-corrected chi connectivity index (χ1v) is 7.28. The molecule has 0 N–H and O–H groups in total. The molecule has 0 radical (unpaired) electrons. The molecule has 5 heteroatoms. The van der Waals surface area contributed by atoms with Crippen LogP contribution >= 0.6 is 0 Å². The molecule has 0 aliphatic heterocycles. The van der Waals surface area contributed by atoms with Gasteiger partial charge in [-0.05, 0) is 36.2 Å². The zero-order chi connectivity index (χ0) is 15.9. The van der Waals surface area contributed by atoms with Gasteiger partial charge < -0.3 is 0 Å². The van der Waals surface area contributed by atoms with E-state index in [9.17, 15) is 14.5 Å². The van der Waals surface area contributed by atoms with Crippen molar-refractivity contribution in [3.05, 3.63) is 75.6 Å². The van der Waals surface area contributed by atoms with Gasteiger partial charge in [-0.1, -0.05) is 31.2 Å². The molecule has 2 rings (SSSR count). The van der Waals surface area contributed by atoms with Gasteiger partial charge in [-0.25, -0.2) is 4.39 Å². The molecule has 0 unspecified atom stereocenters. The Balaban J connectivity index is 1.97. The van der Waals surface area contributed by atoms with Crippen LogP contribution < -0.4 is 0 Å². The third-order valence-electron chi connectivity index (χ3n) is 3.58. The number of hydrogen-bond acceptors (Lipinski definition) is 3. The standard InChI is InChI=1S/C17H19FN2O2/c1-2-19(10-9-14-5-3-7-16(18)11-14)13-15-6-4-8-17(12-15)20(21)22/h3-8,11-12H,2,9-10,13H2,1H3. The number of likely N-dealkylation sites (N-methyl/N-ethyl adjacent to an activating group) is 1. The average Bonchev–Trinajstić information content (AvgIpc) is 2.51. The molecule has 22 heavy (non-hydrogen) atoms. The van der Waals surface area contributed by atoms with Gasteiger partial charge in [0.25, 0.3) is 5.69 Å². The van der Waals surface area contributed by atoms with Crippen molar-refractivity contribution >= 4 is 5.69 Å². The van der Waals surface area contributed by atoms with Crippen molar-refractivity contribution < 1.29 is 9.31 Å². The molecule has 0 aliphatic rings. The predicted octanol–water partition coefficient (Wildman–Crippen LogP) is 3.80. The first kappa shape index (κ1) is 16.1. The second-order valence-electron chi connectivity index (χ2n) is 5.18. The third-order valence-corrected chi connectivity index (χ3v) is 3.58. The second-order valence-corrected chi connectivity index (χ2v) is 5.18. The molecule has 0 amide bonds. The normalized spacial score (nSPS) is 10.9. The van der Waals surface area contributed by atoms with Crippen molar-refractivity contribution in [1.82, 2.24) is 4.90 Å². The highest BCUT2D eigenvalue weighted by atomic mass is 19.1. The number of hydrogen-bond donors (Lipinski definition) is 0. The van der Waals surface area contributed by atoms with E-state index >= 15 is 0 Å². The van der Waals surface area contributed by atoms with E-state index in [2.05, 4.69) is 4.90 Å².